The van der Waals surface area contributed by atoms with Crippen LogP contribution < -0.4 is 4.31 Å². The molecule has 0 radical (unpaired) electrons. The van der Waals surface area contributed by atoms with Gasteiger partial charge in [-0.3, -0.25) is 9.10 Å². The first-order chi connectivity index (χ1) is 13.5. The molecule has 2 aromatic rings. The lowest BCUT2D eigenvalue weighted by atomic mass is 10.00. The molecule has 0 aromatic heterocycles. The average molecular weight is 416 g/mol. The van der Waals surface area contributed by atoms with E-state index < -0.39 is 16.0 Å². The Labute approximate surface area is 171 Å². The highest BCUT2D eigenvalue weighted by molar-refractivity contribution is 7.92. The number of nitrogens with zero attached hydrogens (tertiary/aromatic N) is 1. The zero-order chi connectivity index (χ0) is 21.5. The Hall–Kier alpha value is -2.67. The SMILES string of the molecule is Cc1cc(C)c(C(=O)OCC(=O)c2ccc3c(c2)C[C@@H](C)N3S(C)(=O)=O)c(C)c1. The molecule has 0 saturated heterocycles. The lowest BCUT2D eigenvalue weighted by molar-refractivity contribution is 0.0473. The van der Waals surface area contributed by atoms with Gasteiger partial charge in [0.05, 0.1) is 17.5 Å². The maximum Gasteiger partial charge on any atom is 0.339 e. The van der Waals surface area contributed by atoms with Gasteiger partial charge in [-0.05, 0) is 69.0 Å². The highest BCUT2D eigenvalue weighted by Crippen LogP contribution is 2.34. The average Bonchev–Trinajstić information content (AvgIpc) is 2.93. The van der Waals surface area contributed by atoms with Crippen LogP contribution in [0.4, 0.5) is 5.69 Å². The van der Waals surface area contributed by atoms with Crippen LogP contribution in [0, 0.1) is 20.8 Å². The number of Topliss-reactive ketones (excluding diaryl/α,β-unsaturated/α-hetero) is 1. The van der Waals surface area contributed by atoms with Gasteiger partial charge in [0.15, 0.2) is 12.4 Å². The molecular weight excluding hydrogens is 390 g/mol. The first kappa shape index (κ1) is 21.0. The van der Waals surface area contributed by atoms with Crippen LogP contribution in [0.25, 0.3) is 0 Å². The summed E-state index contributed by atoms with van der Waals surface area (Å²) >= 11 is 0. The van der Waals surface area contributed by atoms with Crippen molar-refractivity contribution < 1.29 is 22.7 Å². The van der Waals surface area contributed by atoms with Crippen LogP contribution in [0.5, 0.6) is 0 Å². The molecule has 0 amide bonds. The summed E-state index contributed by atoms with van der Waals surface area (Å²) in [7, 11) is -3.38. The van der Waals surface area contributed by atoms with Gasteiger partial charge in [0.25, 0.3) is 0 Å². The minimum absolute atomic E-state index is 0.198. The van der Waals surface area contributed by atoms with Gasteiger partial charge in [-0.15, -0.1) is 0 Å². The van der Waals surface area contributed by atoms with E-state index in [0.717, 1.165) is 22.3 Å². The third kappa shape index (κ3) is 4.19. The van der Waals surface area contributed by atoms with Crippen LogP contribution >= 0.6 is 0 Å². The van der Waals surface area contributed by atoms with Crippen LogP contribution in [0.2, 0.25) is 0 Å². The second-order valence-electron chi connectivity index (χ2n) is 7.73. The molecule has 0 N–H and O–H groups in total. The number of ether oxygens (including phenoxy) is 1. The largest absolute Gasteiger partial charge is 0.454 e. The third-order valence-corrected chi connectivity index (χ3v) is 6.40. The maximum absolute atomic E-state index is 12.6. The smallest absolute Gasteiger partial charge is 0.339 e. The number of carbonyl (C=O) groups excluding carboxylic acids is 2. The van der Waals surface area contributed by atoms with Crippen molar-refractivity contribution in [3.8, 4) is 0 Å². The monoisotopic (exact) mass is 415 g/mol. The van der Waals surface area contributed by atoms with E-state index in [1.807, 2.05) is 39.8 Å². The second kappa shape index (κ2) is 7.63. The summed E-state index contributed by atoms with van der Waals surface area (Å²) in [4.78, 5) is 25.0. The minimum atomic E-state index is -3.38. The van der Waals surface area contributed by atoms with Gasteiger partial charge in [-0.1, -0.05) is 17.7 Å². The molecule has 0 spiro atoms. The van der Waals surface area contributed by atoms with Crippen molar-refractivity contribution >= 4 is 27.5 Å². The van der Waals surface area contributed by atoms with E-state index in [9.17, 15) is 18.0 Å². The zero-order valence-corrected chi connectivity index (χ0v) is 18.1. The number of benzene rings is 2. The maximum atomic E-state index is 12.6. The number of sulfonamides is 1. The number of anilines is 1. The van der Waals surface area contributed by atoms with Crippen molar-refractivity contribution in [1.29, 1.82) is 0 Å². The molecule has 7 heteroatoms. The van der Waals surface area contributed by atoms with Crippen molar-refractivity contribution in [3.63, 3.8) is 0 Å². The Morgan fingerprint density at radius 1 is 1.10 bits per heavy atom. The van der Waals surface area contributed by atoms with E-state index >= 15 is 0 Å². The number of esters is 1. The summed E-state index contributed by atoms with van der Waals surface area (Å²) in [6, 6.07) is 8.52. The molecule has 0 aliphatic carbocycles. The number of carbonyl (C=O) groups is 2. The molecular formula is C22H25NO5S. The number of aryl methyl sites for hydroxylation is 3. The molecule has 6 nitrogen and oxygen atoms in total. The number of hydrogen-bond donors (Lipinski definition) is 0. The molecule has 0 fully saturated rings. The van der Waals surface area contributed by atoms with Crippen molar-refractivity contribution in [3.05, 3.63) is 63.7 Å². The van der Waals surface area contributed by atoms with Gasteiger partial charge >= 0.3 is 5.97 Å². The predicted molar refractivity (Wildman–Crippen MR) is 112 cm³/mol. The summed E-state index contributed by atoms with van der Waals surface area (Å²) in [6.45, 7) is 7.10. The fraction of sp³-hybridized carbons (Fsp3) is 0.364. The molecule has 2 aromatic carbocycles. The first-order valence-corrected chi connectivity index (χ1v) is 11.2. The summed E-state index contributed by atoms with van der Waals surface area (Å²) in [5, 5.41) is 0. The van der Waals surface area contributed by atoms with Crippen LogP contribution in [-0.4, -0.2) is 39.1 Å². The molecule has 154 valence electrons. The van der Waals surface area contributed by atoms with Crippen molar-refractivity contribution in [2.75, 3.05) is 17.2 Å². The van der Waals surface area contributed by atoms with Gasteiger partial charge in [0, 0.05) is 11.6 Å². The third-order valence-electron chi connectivity index (χ3n) is 5.13. The van der Waals surface area contributed by atoms with Gasteiger partial charge in [0.2, 0.25) is 10.0 Å². The van der Waals surface area contributed by atoms with Crippen molar-refractivity contribution in [1.82, 2.24) is 0 Å². The Balaban J connectivity index is 1.75. The number of hydrogen-bond acceptors (Lipinski definition) is 5. The highest BCUT2D eigenvalue weighted by Gasteiger charge is 2.32. The van der Waals surface area contributed by atoms with Crippen molar-refractivity contribution in [2.45, 2.75) is 40.2 Å². The Bertz CT molecular complexity index is 1080. The molecule has 29 heavy (non-hydrogen) atoms. The molecule has 0 bridgehead atoms. The van der Waals surface area contributed by atoms with Crippen molar-refractivity contribution in [2.24, 2.45) is 0 Å². The first-order valence-electron chi connectivity index (χ1n) is 9.39. The molecule has 1 atom stereocenters. The predicted octanol–water partition coefficient (Wildman–Crippen LogP) is 3.36. The number of ketones is 1. The quantitative estimate of drug-likeness (QED) is 0.553. The second-order valence-corrected chi connectivity index (χ2v) is 9.59. The van der Waals surface area contributed by atoms with E-state index in [2.05, 4.69) is 0 Å². The minimum Gasteiger partial charge on any atom is -0.454 e. The lowest BCUT2D eigenvalue weighted by Crippen LogP contribution is -2.34. The van der Waals surface area contributed by atoms with E-state index in [1.165, 1.54) is 10.6 Å². The van der Waals surface area contributed by atoms with Gasteiger partial charge in [-0.25, -0.2) is 13.2 Å². The Morgan fingerprint density at radius 2 is 1.72 bits per heavy atom. The van der Waals surface area contributed by atoms with Crippen LogP contribution in [0.1, 0.15) is 49.9 Å². The Morgan fingerprint density at radius 3 is 2.31 bits per heavy atom. The van der Waals surface area contributed by atoms with E-state index in [0.29, 0.717) is 23.2 Å². The fourth-order valence-corrected chi connectivity index (χ4v) is 5.33. The highest BCUT2D eigenvalue weighted by atomic mass is 32.2. The zero-order valence-electron chi connectivity index (χ0n) is 17.3. The normalized spacial score (nSPS) is 15.9. The molecule has 3 rings (SSSR count). The molecule has 0 unspecified atom stereocenters. The summed E-state index contributed by atoms with van der Waals surface area (Å²) in [5.74, 6) is -0.847. The molecule has 1 aliphatic heterocycles. The van der Waals surface area contributed by atoms with Gasteiger partial charge in [0.1, 0.15) is 0 Å². The summed E-state index contributed by atoms with van der Waals surface area (Å²) in [5.41, 5.74) is 4.96. The summed E-state index contributed by atoms with van der Waals surface area (Å²) < 4.78 is 30.7. The summed E-state index contributed by atoms with van der Waals surface area (Å²) in [6.07, 6.45) is 1.71. The van der Waals surface area contributed by atoms with E-state index in [1.54, 1.807) is 18.2 Å². The van der Waals surface area contributed by atoms with Crippen LogP contribution in [-0.2, 0) is 21.2 Å². The number of rotatable bonds is 5. The lowest BCUT2D eigenvalue weighted by Gasteiger charge is -2.21. The molecule has 1 aliphatic rings. The van der Waals surface area contributed by atoms with E-state index in [-0.39, 0.29) is 18.4 Å². The van der Waals surface area contributed by atoms with Gasteiger partial charge < -0.3 is 4.74 Å². The van der Waals surface area contributed by atoms with E-state index in [4.69, 9.17) is 4.74 Å². The standard InChI is InChI=1S/C22H25NO5S/c1-13-8-14(2)21(15(3)9-13)22(25)28-12-20(24)17-6-7-19-18(11-17)10-16(4)23(19)29(5,26)27/h6-9,11,16H,10,12H2,1-5H3/t16-/m1/s1. The molecule has 0 saturated carbocycles. The number of fused-ring (bicyclic) bond motifs is 1. The Kier molecular flexibility index (Phi) is 5.54. The topological polar surface area (TPSA) is 80.8 Å². The molecule has 1 heterocycles. The van der Waals surface area contributed by atoms with Gasteiger partial charge in [-0.2, -0.15) is 0 Å². The van der Waals surface area contributed by atoms with Crippen LogP contribution in [0.15, 0.2) is 30.3 Å². The van der Waals surface area contributed by atoms with Crippen LogP contribution in [0.3, 0.4) is 0 Å². The fourth-order valence-electron chi connectivity index (χ4n) is 4.07.